The summed E-state index contributed by atoms with van der Waals surface area (Å²) in [7, 11) is 1.83. The third kappa shape index (κ3) is 2.03. The predicted molar refractivity (Wildman–Crippen MR) is 54.2 cm³/mol. The molecule has 1 fully saturated rings. The van der Waals surface area contributed by atoms with Crippen molar-refractivity contribution in [3.05, 3.63) is 17.5 Å². The number of aromatic nitrogens is 2. The van der Waals surface area contributed by atoms with Crippen molar-refractivity contribution in [3.8, 4) is 0 Å². The van der Waals surface area contributed by atoms with Crippen LogP contribution < -0.4 is 0 Å². The fourth-order valence-electron chi connectivity index (χ4n) is 1.74. The molecule has 0 atom stereocenters. The Balaban J connectivity index is 1.98. The van der Waals surface area contributed by atoms with Crippen LogP contribution in [0, 0.1) is 12.8 Å². The van der Waals surface area contributed by atoms with Crippen molar-refractivity contribution in [1.29, 1.82) is 0 Å². The quantitative estimate of drug-likeness (QED) is 0.685. The fraction of sp³-hybridized carbons (Fsp3) is 0.636. The van der Waals surface area contributed by atoms with Crippen LogP contribution in [0.15, 0.2) is 6.07 Å². The van der Waals surface area contributed by atoms with E-state index in [0.717, 1.165) is 23.7 Å². The summed E-state index contributed by atoms with van der Waals surface area (Å²) in [5, 5.41) is 4.17. The summed E-state index contributed by atoms with van der Waals surface area (Å²) in [5.74, 6) is 1.06. The lowest BCUT2D eigenvalue weighted by Gasteiger charge is -1.99. The molecule has 1 aromatic rings. The zero-order valence-corrected chi connectivity index (χ0v) is 8.79. The number of aryl methyl sites for hydroxylation is 2. The van der Waals surface area contributed by atoms with Crippen LogP contribution in [-0.2, 0) is 7.05 Å². The Bertz CT molecular complexity index is 350. The summed E-state index contributed by atoms with van der Waals surface area (Å²) < 4.78 is 1.69. The highest BCUT2D eigenvalue weighted by Gasteiger charge is 2.22. The van der Waals surface area contributed by atoms with E-state index in [1.807, 2.05) is 20.0 Å². The van der Waals surface area contributed by atoms with Crippen molar-refractivity contribution in [2.24, 2.45) is 13.0 Å². The van der Waals surface area contributed by atoms with E-state index in [4.69, 9.17) is 0 Å². The number of hydrogen-bond acceptors (Lipinski definition) is 2. The summed E-state index contributed by atoms with van der Waals surface area (Å²) in [6.45, 7) is 1.91. The number of rotatable bonds is 4. The van der Waals surface area contributed by atoms with E-state index in [9.17, 15) is 4.79 Å². The van der Waals surface area contributed by atoms with Crippen LogP contribution >= 0.6 is 0 Å². The monoisotopic (exact) mass is 192 g/mol. The number of Topliss-reactive ketones (excluding diaryl/α,β-unsaturated/α-hetero) is 1. The maximum Gasteiger partial charge on any atom is 0.180 e. The molecule has 0 saturated heterocycles. The van der Waals surface area contributed by atoms with Gasteiger partial charge in [0.25, 0.3) is 0 Å². The molecule has 14 heavy (non-hydrogen) atoms. The van der Waals surface area contributed by atoms with E-state index in [2.05, 4.69) is 5.10 Å². The molecular weight excluding hydrogens is 176 g/mol. The zero-order chi connectivity index (χ0) is 10.1. The molecular formula is C11H16N2O. The van der Waals surface area contributed by atoms with E-state index < -0.39 is 0 Å². The normalized spacial score (nSPS) is 15.9. The molecule has 0 unspecified atom stereocenters. The average Bonchev–Trinajstić information content (AvgIpc) is 2.88. The van der Waals surface area contributed by atoms with Crippen LogP contribution in [0.3, 0.4) is 0 Å². The van der Waals surface area contributed by atoms with Gasteiger partial charge in [0.1, 0.15) is 5.69 Å². The van der Waals surface area contributed by atoms with Crippen molar-refractivity contribution in [2.45, 2.75) is 32.6 Å². The summed E-state index contributed by atoms with van der Waals surface area (Å²) in [6, 6.07) is 1.87. The Morgan fingerprint density at radius 2 is 2.36 bits per heavy atom. The molecule has 1 aliphatic rings. The molecule has 0 spiro atoms. The second-order valence-corrected chi connectivity index (χ2v) is 4.20. The van der Waals surface area contributed by atoms with Crippen molar-refractivity contribution >= 4 is 5.78 Å². The molecule has 0 amide bonds. The van der Waals surface area contributed by atoms with Crippen LogP contribution in [0.1, 0.15) is 41.9 Å². The highest BCUT2D eigenvalue weighted by atomic mass is 16.1. The molecule has 3 nitrogen and oxygen atoms in total. The van der Waals surface area contributed by atoms with Gasteiger partial charge in [0.05, 0.1) is 5.69 Å². The van der Waals surface area contributed by atoms with Gasteiger partial charge >= 0.3 is 0 Å². The number of hydrogen-bond donors (Lipinski definition) is 0. The van der Waals surface area contributed by atoms with E-state index in [-0.39, 0.29) is 5.78 Å². The Hall–Kier alpha value is -1.12. The van der Waals surface area contributed by atoms with Crippen molar-refractivity contribution in [3.63, 3.8) is 0 Å². The smallest absolute Gasteiger partial charge is 0.180 e. The fourth-order valence-corrected chi connectivity index (χ4v) is 1.74. The molecule has 76 valence electrons. The van der Waals surface area contributed by atoms with Gasteiger partial charge < -0.3 is 0 Å². The lowest BCUT2D eigenvalue weighted by Crippen LogP contribution is -2.06. The maximum absolute atomic E-state index is 11.8. The van der Waals surface area contributed by atoms with Gasteiger partial charge in [-0.3, -0.25) is 9.48 Å². The third-order valence-electron chi connectivity index (χ3n) is 2.76. The molecule has 1 saturated carbocycles. The number of nitrogens with zero attached hydrogens (tertiary/aromatic N) is 2. The Kier molecular flexibility index (Phi) is 2.40. The third-order valence-corrected chi connectivity index (χ3v) is 2.76. The Labute approximate surface area is 84.1 Å². The molecule has 2 rings (SSSR count). The van der Waals surface area contributed by atoms with Gasteiger partial charge in [-0.2, -0.15) is 5.10 Å². The van der Waals surface area contributed by atoms with Crippen molar-refractivity contribution in [2.75, 3.05) is 0 Å². The van der Waals surface area contributed by atoms with Gasteiger partial charge in [-0.25, -0.2) is 0 Å². The topological polar surface area (TPSA) is 34.9 Å². The minimum atomic E-state index is 0.236. The summed E-state index contributed by atoms with van der Waals surface area (Å²) >= 11 is 0. The first-order chi connectivity index (χ1) is 6.66. The molecule has 0 aromatic carbocycles. The van der Waals surface area contributed by atoms with Gasteiger partial charge in [0, 0.05) is 13.5 Å². The molecule has 0 bridgehead atoms. The predicted octanol–water partition coefficient (Wildman–Crippen LogP) is 2.10. The molecule has 1 heterocycles. The average molecular weight is 192 g/mol. The van der Waals surface area contributed by atoms with E-state index in [1.54, 1.807) is 4.68 Å². The first-order valence-electron chi connectivity index (χ1n) is 5.20. The molecule has 1 aromatic heterocycles. The van der Waals surface area contributed by atoms with Gasteiger partial charge in [-0.05, 0) is 25.3 Å². The van der Waals surface area contributed by atoms with Crippen molar-refractivity contribution in [1.82, 2.24) is 9.78 Å². The van der Waals surface area contributed by atoms with Crippen LogP contribution in [0.4, 0.5) is 0 Å². The standard InChI is InChI=1S/C11H16N2O/c1-8-7-10(13(2)12-8)11(14)6-5-9-3-4-9/h7,9H,3-6H2,1-2H3. The van der Waals surface area contributed by atoms with E-state index in [1.165, 1.54) is 12.8 Å². The molecule has 3 heteroatoms. The number of ketones is 1. The molecule has 1 aliphatic carbocycles. The largest absolute Gasteiger partial charge is 0.292 e. The first-order valence-corrected chi connectivity index (χ1v) is 5.20. The van der Waals surface area contributed by atoms with E-state index in [0.29, 0.717) is 6.42 Å². The van der Waals surface area contributed by atoms with Crippen LogP contribution in [-0.4, -0.2) is 15.6 Å². The SMILES string of the molecule is Cc1cc(C(=O)CCC2CC2)n(C)n1. The molecule has 0 N–H and O–H groups in total. The number of carbonyl (C=O) groups excluding carboxylic acids is 1. The lowest BCUT2D eigenvalue weighted by atomic mass is 10.1. The zero-order valence-electron chi connectivity index (χ0n) is 8.79. The van der Waals surface area contributed by atoms with Gasteiger partial charge in [-0.1, -0.05) is 12.8 Å². The van der Waals surface area contributed by atoms with Gasteiger partial charge in [0.2, 0.25) is 0 Å². The van der Waals surface area contributed by atoms with E-state index >= 15 is 0 Å². The first kappa shape index (κ1) is 9.44. The van der Waals surface area contributed by atoms with Gasteiger partial charge in [0.15, 0.2) is 5.78 Å². The summed E-state index contributed by atoms with van der Waals surface area (Å²) in [4.78, 5) is 11.8. The van der Waals surface area contributed by atoms with Crippen LogP contribution in [0.5, 0.6) is 0 Å². The second kappa shape index (κ2) is 3.56. The minimum Gasteiger partial charge on any atom is -0.292 e. The van der Waals surface area contributed by atoms with Crippen molar-refractivity contribution < 1.29 is 4.79 Å². The molecule has 0 radical (unpaired) electrons. The van der Waals surface area contributed by atoms with Crippen LogP contribution in [0.25, 0.3) is 0 Å². The Morgan fingerprint density at radius 1 is 1.64 bits per heavy atom. The van der Waals surface area contributed by atoms with Gasteiger partial charge in [-0.15, -0.1) is 0 Å². The van der Waals surface area contributed by atoms with Crippen LogP contribution in [0.2, 0.25) is 0 Å². The highest BCUT2D eigenvalue weighted by Crippen LogP contribution is 2.33. The maximum atomic E-state index is 11.8. The lowest BCUT2D eigenvalue weighted by molar-refractivity contribution is 0.0969. The highest BCUT2D eigenvalue weighted by molar-refractivity contribution is 5.94. The molecule has 0 aliphatic heterocycles. The summed E-state index contributed by atoms with van der Waals surface area (Å²) in [6.07, 6.45) is 4.38. The minimum absolute atomic E-state index is 0.236. The summed E-state index contributed by atoms with van der Waals surface area (Å²) in [5.41, 5.74) is 1.67. The number of carbonyl (C=O) groups is 1. The Morgan fingerprint density at radius 3 is 2.86 bits per heavy atom. The second-order valence-electron chi connectivity index (χ2n) is 4.20.